The molecule has 1 aliphatic rings. The second-order valence-electron chi connectivity index (χ2n) is 8.37. The van der Waals surface area contributed by atoms with Crippen molar-refractivity contribution in [1.82, 2.24) is 9.66 Å². The number of hydrogen-bond acceptors (Lipinski definition) is 4. The maximum Gasteiger partial charge on any atom is 0.282 e. The summed E-state index contributed by atoms with van der Waals surface area (Å²) >= 11 is 0. The Labute approximate surface area is 187 Å². The number of nitrogens with zero attached hydrogens (tertiary/aromatic N) is 4. The average Bonchev–Trinajstić information content (AvgIpc) is 3.35. The predicted molar refractivity (Wildman–Crippen MR) is 132 cm³/mol. The smallest absolute Gasteiger partial charge is 0.282 e. The Morgan fingerprint density at radius 3 is 2.41 bits per heavy atom. The van der Waals surface area contributed by atoms with E-state index >= 15 is 0 Å². The van der Waals surface area contributed by atoms with Crippen LogP contribution in [0, 0.1) is 13.8 Å². The number of hydrogen-bond donors (Lipinski definition) is 0. The Hall–Kier alpha value is -3.73. The highest BCUT2D eigenvalue weighted by molar-refractivity contribution is 5.84. The third kappa shape index (κ3) is 3.71. The van der Waals surface area contributed by atoms with Gasteiger partial charge in [0, 0.05) is 24.3 Å². The molecule has 2 heterocycles. The van der Waals surface area contributed by atoms with E-state index in [0.29, 0.717) is 16.7 Å². The molecule has 32 heavy (non-hydrogen) atoms. The lowest BCUT2D eigenvalue weighted by atomic mass is 10.0. The Morgan fingerprint density at radius 2 is 1.62 bits per heavy atom. The van der Waals surface area contributed by atoms with Crippen LogP contribution in [0.4, 0.5) is 5.69 Å². The lowest BCUT2D eigenvalue weighted by Gasteiger charge is -2.21. The molecule has 160 valence electrons. The van der Waals surface area contributed by atoms with Gasteiger partial charge in [-0.25, -0.2) is 4.98 Å². The monoisotopic (exact) mass is 422 g/mol. The predicted octanol–water partition coefficient (Wildman–Crippen LogP) is 5.16. The fourth-order valence-corrected chi connectivity index (χ4v) is 4.39. The molecular formula is C27H26N4O. The van der Waals surface area contributed by atoms with Crippen molar-refractivity contribution in [1.29, 1.82) is 0 Å². The quantitative estimate of drug-likeness (QED) is 0.427. The molecule has 0 unspecified atom stereocenters. The van der Waals surface area contributed by atoms with Crippen LogP contribution in [-0.2, 0) is 0 Å². The molecule has 3 aromatic carbocycles. The summed E-state index contributed by atoms with van der Waals surface area (Å²) in [6.45, 7) is 6.47. The molecule has 0 bridgehead atoms. The Morgan fingerprint density at radius 1 is 0.906 bits per heavy atom. The lowest BCUT2D eigenvalue weighted by molar-refractivity contribution is 0.829. The Kier molecular flexibility index (Phi) is 5.31. The van der Waals surface area contributed by atoms with Crippen molar-refractivity contribution in [2.24, 2.45) is 5.10 Å². The molecule has 1 fully saturated rings. The van der Waals surface area contributed by atoms with E-state index in [2.05, 4.69) is 36.0 Å². The van der Waals surface area contributed by atoms with Gasteiger partial charge in [-0.3, -0.25) is 4.79 Å². The third-order valence-electron chi connectivity index (χ3n) is 6.13. The zero-order valence-electron chi connectivity index (χ0n) is 18.5. The van der Waals surface area contributed by atoms with Crippen molar-refractivity contribution in [3.05, 3.63) is 93.8 Å². The second-order valence-corrected chi connectivity index (χ2v) is 8.37. The summed E-state index contributed by atoms with van der Waals surface area (Å²) in [5, 5.41) is 5.19. The van der Waals surface area contributed by atoms with Crippen LogP contribution in [0.3, 0.4) is 0 Å². The molecule has 1 aromatic heterocycles. The standard InChI is InChI=1S/C27H26N4O/c1-19-17-25(30-14-8-9-15-30)20(2)16-22(19)18-28-31-26(21-10-4-3-5-11-21)29-24-13-7-6-12-23(24)27(31)32/h3-7,10-13,16-18H,8-9,14-15H2,1-2H3. The van der Waals surface area contributed by atoms with Crippen LogP contribution in [0.5, 0.6) is 0 Å². The third-order valence-corrected chi connectivity index (χ3v) is 6.13. The summed E-state index contributed by atoms with van der Waals surface area (Å²) < 4.78 is 1.42. The number of para-hydroxylation sites is 1. The SMILES string of the molecule is Cc1cc(N2CCCC2)c(C)cc1C=Nn1c(-c2ccccc2)nc2ccccc2c1=O. The van der Waals surface area contributed by atoms with E-state index in [9.17, 15) is 4.79 Å². The van der Waals surface area contributed by atoms with Crippen molar-refractivity contribution in [3.63, 3.8) is 0 Å². The summed E-state index contributed by atoms with van der Waals surface area (Å²) in [7, 11) is 0. The van der Waals surface area contributed by atoms with Gasteiger partial charge in [-0.05, 0) is 67.6 Å². The number of rotatable bonds is 4. The molecule has 0 N–H and O–H groups in total. The van der Waals surface area contributed by atoms with Gasteiger partial charge in [0.25, 0.3) is 5.56 Å². The zero-order valence-corrected chi connectivity index (χ0v) is 18.5. The van der Waals surface area contributed by atoms with E-state index < -0.39 is 0 Å². The van der Waals surface area contributed by atoms with Gasteiger partial charge in [0.2, 0.25) is 0 Å². The zero-order chi connectivity index (χ0) is 22.1. The number of aromatic nitrogens is 2. The van der Waals surface area contributed by atoms with E-state index in [4.69, 9.17) is 4.98 Å². The van der Waals surface area contributed by atoms with Gasteiger partial charge in [-0.15, -0.1) is 0 Å². The van der Waals surface area contributed by atoms with Crippen molar-refractivity contribution in [2.75, 3.05) is 18.0 Å². The minimum Gasteiger partial charge on any atom is -0.371 e. The lowest BCUT2D eigenvalue weighted by Crippen LogP contribution is -2.20. The highest BCUT2D eigenvalue weighted by Gasteiger charge is 2.16. The molecule has 1 saturated heterocycles. The molecule has 5 heteroatoms. The molecule has 0 aliphatic carbocycles. The Bertz CT molecular complexity index is 1370. The van der Waals surface area contributed by atoms with E-state index in [1.807, 2.05) is 48.5 Å². The Balaban J connectivity index is 1.61. The van der Waals surface area contributed by atoms with Gasteiger partial charge >= 0.3 is 0 Å². The van der Waals surface area contributed by atoms with Crippen molar-refractivity contribution < 1.29 is 0 Å². The molecule has 0 saturated carbocycles. The molecule has 5 nitrogen and oxygen atoms in total. The summed E-state index contributed by atoms with van der Waals surface area (Å²) in [5.74, 6) is 0.536. The topological polar surface area (TPSA) is 50.5 Å². The highest BCUT2D eigenvalue weighted by Crippen LogP contribution is 2.27. The van der Waals surface area contributed by atoms with Crippen molar-refractivity contribution in [2.45, 2.75) is 26.7 Å². The fraction of sp³-hybridized carbons (Fsp3) is 0.222. The van der Waals surface area contributed by atoms with Crippen LogP contribution in [0.2, 0.25) is 0 Å². The van der Waals surface area contributed by atoms with Crippen LogP contribution in [0.25, 0.3) is 22.3 Å². The van der Waals surface area contributed by atoms with Crippen LogP contribution in [0.1, 0.15) is 29.5 Å². The highest BCUT2D eigenvalue weighted by atomic mass is 16.1. The first-order valence-electron chi connectivity index (χ1n) is 11.1. The maximum absolute atomic E-state index is 13.3. The molecule has 0 radical (unpaired) electrons. The molecule has 4 aromatic rings. The number of benzene rings is 3. The van der Waals surface area contributed by atoms with E-state index in [1.165, 1.54) is 28.8 Å². The van der Waals surface area contributed by atoms with E-state index in [0.717, 1.165) is 29.8 Å². The number of aryl methyl sites for hydroxylation is 2. The normalized spacial score (nSPS) is 14.0. The van der Waals surface area contributed by atoms with E-state index in [-0.39, 0.29) is 5.56 Å². The molecular weight excluding hydrogens is 396 g/mol. The van der Waals surface area contributed by atoms with Crippen molar-refractivity contribution >= 4 is 22.8 Å². The van der Waals surface area contributed by atoms with Gasteiger partial charge in [-0.1, -0.05) is 42.5 Å². The first-order valence-corrected chi connectivity index (χ1v) is 11.1. The van der Waals surface area contributed by atoms with Crippen LogP contribution in [-0.4, -0.2) is 29.0 Å². The summed E-state index contributed by atoms with van der Waals surface area (Å²) in [5.41, 5.74) is 6.02. The molecule has 0 spiro atoms. The van der Waals surface area contributed by atoms with E-state index in [1.54, 1.807) is 12.3 Å². The maximum atomic E-state index is 13.3. The minimum absolute atomic E-state index is 0.172. The second kappa shape index (κ2) is 8.42. The number of fused-ring (bicyclic) bond motifs is 1. The van der Waals surface area contributed by atoms with Gasteiger partial charge in [0.1, 0.15) is 0 Å². The molecule has 5 rings (SSSR count). The summed E-state index contributed by atoms with van der Waals surface area (Å²) in [4.78, 5) is 20.5. The molecule has 1 aliphatic heterocycles. The van der Waals surface area contributed by atoms with Gasteiger partial charge in [0.05, 0.1) is 17.1 Å². The van der Waals surface area contributed by atoms with Gasteiger partial charge in [0.15, 0.2) is 5.82 Å². The molecule has 0 amide bonds. The van der Waals surface area contributed by atoms with Crippen LogP contribution >= 0.6 is 0 Å². The summed E-state index contributed by atoms with van der Waals surface area (Å²) in [6.07, 6.45) is 4.28. The largest absolute Gasteiger partial charge is 0.371 e. The van der Waals surface area contributed by atoms with Crippen LogP contribution < -0.4 is 10.5 Å². The average molecular weight is 423 g/mol. The van der Waals surface area contributed by atoms with Crippen molar-refractivity contribution in [3.8, 4) is 11.4 Å². The van der Waals surface area contributed by atoms with Crippen LogP contribution in [0.15, 0.2) is 76.6 Å². The first-order chi connectivity index (χ1) is 15.6. The first kappa shape index (κ1) is 20.2. The fourth-order valence-electron chi connectivity index (χ4n) is 4.39. The van der Waals surface area contributed by atoms with Gasteiger partial charge in [-0.2, -0.15) is 9.78 Å². The minimum atomic E-state index is -0.172. The van der Waals surface area contributed by atoms with Gasteiger partial charge < -0.3 is 4.90 Å². The summed E-state index contributed by atoms with van der Waals surface area (Å²) in [6, 6.07) is 21.5. The number of anilines is 1. The molecule has 0 atom stereocenters.